The lowest BCUT2D eigenvalue weighted by atomic mass is 9.67. The molecule has 1 unspecified atom stereocenters. The van der Waals surface area contributed by atoms with Crippen LogP contribution in [-0.4, -0.2) is 11.1 Å². The zero-order chi connectivity index (χ0) is 19.1. The van der Waals surface area contributed by atoms with E-state index in [1.165, 1.54) is 27.8 Å². The Labute approximate surface area is 155 Å². The fourth-order valence-electron chi connectivity index (χ4n) is 3.64. The summed E-state index contributed by atoms with van der Waals surface area (Å²) < 4.78 is 0. The van der Waals surface area contributed by atoms with Gasteiger partial charge >= 0.3 is 5.97 Å². The first-order valence-corrected chi connectivity index (χ1v) is 9.05. The third-order valence-corrected chi connectivity index (χ3v) is 5.77. The summed E-state index contributed by atoms with van der Waals surface area (Å²) in [6.07, 6.45) is 4.48. The van der Waals surface area contributed by atoms with Gasteiger partial charge in [-0.1, -0.05) is 63.3 Å². The quantitative estimate of drug-likeness (QED) is 0.664. The number of benzene rings is 2. The zero-order valence-corrected chi connectivity index (χ0v) is 16.1. The Hall–Kier alpha value is -2.61. The van der Waals surface area contributed by atoms with Crippen molar-refractivity contribution in [3.8, 4) is 0 Å². The second kappa shape index (κ2) is 6.60. The molecule has 1 N–H and O–H groups in total. The molecule has 0 spiro atoms. The van der Waals surface area contributed by atoms with Crippen molar-refractivity contribution in [2.75, 3.05) is 0 Å². The molecule has 26 heavy (non-hydrogen) atoms. The van der Waals surface area contributed by atoms with Crippen LogP contribution >= 0.6 is 0 Å². The van der Waals surface area contributed by atoms with Crippen molar-refractivity contribution in [2.24, 2.45) is 5.92 Å². The van der Waals surface area contributed by atoms with Crippen molar-refractivity contribution in [3.63, 3.8) is 0 Å². The first-order chi connectivity index (χ1) is 12.2. The van der Waals surface area contributed by atoms with E-state index in [1.807, 2.05) is 12.1 Å². The fraction of sp³-hybridized carbons (Fsp3) is 0.292. The minimum absolute atomic E-state index is 0.105. The molecule has 0 aliphatic heterocycles. The smallest absolute Gasteiger partial charge is 0.335 e. The topological polar surface area (TPSA) is 37.3 Å². The van der Waals surface area contributed by atoms with Gasteiger partial charge in [0.25, 0.3) is 0 Å². The van der Waals surface area contributed by atoms with Gasteiger partial charge in [0.05, 0.1) is 5.56 Å². The second-order valence-electron chi connectivity index (χ2n) is 7.87. The number of allylic oxidation sites excluding steroid dienone is 3. The van der Waals surface area contributed by atoms with Gasteiger partial charge in [-0.25, -0.2) is 4.79 Å². The first-order valence-electron chi connectivity index (χ1n) is 9.05. The SMILES string of the molecule is CC(=Cc1ccc(C(=O)O)cc1)c1ccc2c(c1)C(C)(C)C(C)C=C2C. The molecule has 2 nitrogen and oxygen atoms in total. The monoisotopic (exact) mass is 346 g/mol. The van der Waals surface area contributed by atoms with E-state index in [9.17, 15) is 4.79 Å². The molecule has 0 amide bonds. The van der Waals surface area contributed by atoms with Crippen molar-refractivity contribution in [3.05, 3.63) is 76.4 Å². The molecule has 0 saturated heterocycles. The van der Waals surface area contributed by atoms with Crippen LogP contribution in [0.15, 0.2) is 48.5 Å². The summed E-state index contributed by atoms with van der Waals surface area (Å²) in [5.74, 6) is -0.398. The first kappa shape index (κ1) is 18.2. The molecule has 0 aromatic heterocycles. The third-order valence-electron chi connectivity index (χ3n) is 5.77. The highest BCUT2D eigenvalue weighted by Gasteiger charge is 2.32. The molecule has 0 heterocycles. The maximum Gasteiger partial charge on any atom is 0.335 e. The summed E-state index contributed by atoms with van der Waals surface area (Å²) in [5, 5.41) is 9.02. The number of aromatic carboxylic acids is 1. The van der Waals surface area contributed by atoms with E-state index in [0.29, 0.717) is 11.5 Å². The molecule has 2 aromatic rings. The molecule has 1 atom stereocenters. The van der Waals surface area contributed by atoms with Crippen LogP contribution in [0, 0.1) is 5.92 Å². The number of carboxylic acid groups (broad SMARTS) is 1. The Morgan fingerprint density at radius 2 is 1.69 bits per heavy atom. The lowest BCUT2D eigenvalue weighted by Gasteiger charge is -2.37. The van der Waals surface area contributed by atoms with Gasteiger partial charge < -0.3 is 5.11 Å². The predicted molar refractivity (Wildman–Crippen MR) is 109 cm³/mol. The maximum absolute atomic E-state index is 11.0. The number of hydrogen-bond donors (Lipinski definition) is 1. The average molecular weight is 346 g/mol. The van der Waals surface area contributed by atoms with E-state index in [2.05, 4.69) is 65.0 Å². The summed E-state index contributed by atoms with van der Waals surface area (Å²) in [4.78, 5) is 11.0. The average Bonchev–Trinajstić information content (AvgIpc) is 2.60. The molecule has 0 radical (unpaired) electrons. The van der Waals surface area contributed by atoms with Crippen molar-refractivity contribution < 1.29 is 9.90 Å². The Morgan fingerprint density at radius 3 is 2.31 bits per heavy atom. The lowest BCUT2D eigenvalue weighted by Crippen LogP contribution is -2.29. The third kappa shape index (κ3) is 3.24. The van der Waals surface area contributed by atoms with E-state index in [1.54, 1.807) is 12.1 Å². The van der Waals surface area contributed by atoms with Gasteiger partial charge in [-0.15, -0.1) is 0 Å². The van der Waals surface area contributed by atoms with Gasteiger partial charge in [-0.05, 0) is 70.7 Å². The Kier molecular flexibility index (Phi) is 4.62. The van der Waals surface area contributed by atoms with Crippen LogP contribution in [-0.2, 0) is 5.41 Å². The summed E-state index contributed by atoms with van der Waals surface area (Å²) in [5.41, 5.74) is 7.90. The number of carboxylic acids is 1. The lowest BCUT2D eigenvalue weighted by molar-refractivity contribution is 0.0697. The van der Waals surface area contributed by atoms with Crippen LogP contribution in [0.4, 0.5) is 0 Å². The molecule has 134 valence electrons. The number of carbonyl (C=O) groups is 1. The molecule has 2 heteroatoms. The minimum Gasteiger partial charge on any atom is -0.478 e. The molecule has 0 saturated carbocycles. The van der Waals surface area contributed by atoms with Gasteiger partial charge in [0.1, 0.15) is 0 Å². The highest BCUT2D eigenvalue weighted by molar-refractivity contribution is 5.88. The molecule has 3 rings (SSSR count). The number of rotatable bonds is 3. The van der Waals surface area contributed by atoms with Crippen LogP contribution in [0.5, 0.6) is 0 Å². The van der Waals surface area contributed by atoms with Crippen molar-refractivity contribution in [2.45, 2.75) is 40.0 Å². The van der Waals surface area contributed by atoms with E-state index < -0.39 is 5.97 Å². The maximum atomic E-state index is 11.0. The van der Waals surface area contributed by atoms with Crippen molar-refractivity contribution in [1.82, 2.24) is 0 Å². The summed E-state index contributed by atoms with van der Waals surface area (Å²) in [6.45, 7) is 11.2. The molecular formula is C24H26O2. The van der Waals surface area contributed by atoms with Crippen molar-refractivity contribution >= 4 is 23.2 Å². The van der Waals surface area contributed by atoms with Gasteiger partial charge in [0.15, 0.2) is 0 Å². The van der Waals surface area contributed by atoms with Crippen LogP contribution in [0.1, 0.15) is 67.2 Å². The highest BCUT2D eigenvalue weighted by Crippen LogP contribution is 2.43. The Bertz CT molecular complexity index is 912. The zero-order valence-electron chi connectivity index (χ0n) is 16.1. The summed E-state index contributed by atoms with van der Waals surface area (Å²) in [7, 11) is 0. The molecule has 2 aromatic carbocycles. The predicted octanol–water partition coefficient (Wildman–Crippen LogP) is 6.28. The standard InChI is InChI=1S/C24H26O2/c1-15(13-18-6-8-19(9-7-18)23(25)26)20-10-11-21-16(2)12-17(3)24(4,5)22(21)14-20/h6-14,17H,1-5H3,(H,25,26). The van der Waals surface area contributed by atoms with Crippen LogP contribution in [0.25, 0.3) is 17.2 Å². The van der Waals surface area contributed by atoms with Crippen LogP contribution < -0.4 is 0 Å². The van der Waals surface area contributed by atoms with Gasteiger partial charge in [-0.3, -0.25) is 0 Å². The van der Waals surface area contributed by atoms with Crippen LogP contribution in [0.2, 0.25) is 0 Å². The molecular weight excluding hydrogens is 320 g/mol. The largest absolute Gasteiger partial charge is 0.478 e. The van der Waals surface area contributed by atoms with E-state index in [0.717, 1.165) is 5.56 Å². The van der Waals surface area contributed by atoms with E-state index in [-0.39, 0.29) is 5.41 Å². The minimum atomic E-state index is -0.897. The molecule has 1 aliphatic carbocycles. The number of hydrogen-bond acceptors (Lipinski definition) is 1. The van der Waals surface area contributed by atoms with Crippen LogP contribution in [0.3, 0.4) is 0 Å². The molecule has 0 bridgehead atoms. The summed E-state index contributed by atoms with van der Waals surface area (Å²) in [6, 6.07) is 13.7. The summed E-state index contributed by atoms with van der Waals surface area (Å²) >= 11 is 0. The van der Waals surface area contributed by atoms with Gasteiger partial charge in [-0.2, -0.15) is 0 Å². The van der Waals surface area contributed by atoms with Gasteiger partial charge in [0, 0.05) is 0 Å². The molecule has 0 fully saturated rings. The van der Waals surface area contributed by atoms with Crippen molar-refractivity contribution in [1.29, 1.82) is 0 Å². The second-order valence-corrected chi connectivity index (χ2v) is 7.87. The Balaban J connectivity index is 1.99. The van der Waals surface area contributed by atoms with E-state index in [4.69, 9.17) is 5.11 Å². The fourth-order valence-corrected chi connectivity index (χ4v) is 3.64. The number of fused-ring (bicyclic) bond motifs is 1. The normalized spacial score (nSPS) is 18.9. The van der Waals surface area contributed by atoms with Gasteiger partial charge in [0.2, 0.25) is 0 Å². The highest BCUT2D eigenvalue weighted by atomic mass is 16.4. The molecule has 1 aliphatic rings. The Morgan fingerprint density at radius 1 is 1.08 bits per heavy atom. The van der Waals surface area contributed by atoms with E-state index >= 15 is 0 Å².